The molecule has 12 nitrogen and oxygen atoms in total. The number of fused-ring (bicyclic) bond motifs is 1. The van der Waals surface area contributed by atoms with E-state index < -0.39 is 0 Å². The summed E-state index contributed by atoms with van der Waals surface area (Å²) in [5.74, 6) is 4.34. The minimum absolute atomic E-state index is 0.210. The van der Waals surface area contributed by atoms with Crippen LogP contribution in [0.1, 0.15) is 57.6 Å². The third-order valence-corrected chi connectivity index (χ3v) is 10.9. The molecule has 0 radical (unpaired) electrons. The van der Waals surface area contributed by atoms with Crippen LogP contribution in [0.2, 0.25) is 0 Å². The highest BCUT2D eigenvalue weighted by molar-refractivity contribution is 5.73. The van der Waals surface area contributed by atoms with Crippen LogP contribution in [0.5, 0.6) is 11.6 Å². The molecule has 6 heterocycles. The number of benzene rings is 1. The van der Waals surface area contributed by atoms with Gasteiger partial charge in [0.15, 0.2) is 5.82 Å². The summed E-state index contributed by atoms with van der Waals surface area (Å²) in [6, 6.07) is 7.55. The van der Waals surface area contributed by atoms with E-state index in [1.807, 2.05) is 22.9 Å². The van der Waals surface area contributed by atoms with Crippen LogP contribution in [0.3, 0.4) is 0 Å². The van der Waals surface area contributed by atoms with Gasteiger partial charge in [-0.3, -0.25) is 9.30 Å². The molecule has 2 aliphatic heterocycles. The molecule has 4 fully saturated rings. The molecule has 1 aromatic carbocycles. The molecular weight excluding hydrogens is 621 g/mol. The zero-order valence-corrected chi connectivity index (χ0v) is 27.8. The zero-order chi connectivity index (χ0) is 33.1. The Kier molecular flexibility index (Phi) is 7.40. The van der Waals surface area contributed by atoms with Gasteiger partial charge in [0, 0.05) is 85.5 Å². The minimum Gasteiger partial charge on any atom is -0.434 e. The van der Waals surface area contributed by atoms with Gasteiger partial charge < -0.3 is 15.0 Å². The lowest BCUT2D eigenvalue weighted by molar-refractivity contribution is -0.0656. The molecule has 0 unspecified atom stereocenters. The molecule has 2 aliphatic carbocycles. The SMILES string of the molecule is CC(C)[C@H](C1CC(Nc2ccn3ccnc3n2)C1)N1CC2(CCN(c3ncnnc3Oc3ccc(F)cc3-c3cncnc3C3CC3)C2)C1. The van der Waals surface area contributed by atoms with Crippen molar-refractivity contribution in [3.8, 4) is 22.8 Å². The van der Waals surface area contributed by atoms with Crippen molar-refractivity contribution >= 4 is 17.4 Å². The number of imidazole rings is 1. The lowest BCUT2D eigenvalue weighted by Crippen LogP contribution is -2.65. The maximum absolute atomic E-state index is 14.6. The summed E-state index contributed by atoms with van der Waals surface area (Å²) in [5, 5.41) is 12.1. The summed E-state index contributed by atoms with van der Waals surface area (Å²) in [4.78, 5) is 27.4. The molecule has 4 aliphatic rings. The summed E-state index contributed by atoms with van der Waals surface area (Å²) in [6.07, 6.45) is 16.0. The van der Waals surface area contributed by atoms with E-state index in [4.69, 9.17) is 4.74 Å². The molecular formula is C36H40FN11O. The highest BCUT2D eigenvalue weighted by Crippen LogP contribution is 2.49. The monoisotopic (exact) mass is 661 g/mol. The van der Waals surface area contributed by atoms with Crippen molar-refractivity contribution in [1.29, 1.82) is 0 Å². The Labute approximate surface area is 284 Å². The van der Waals surface area contributed by atoms with E-state index in [1.165, 1.54) is 18.5 Å². The predicted octanol–water partition coefficient (Wildman–Crippen LogP) is 5.61. The van der Waals surface area contributed by atoms with Crippen molar-refractivity contribution in [2.24, 2.45) is 17.3 Å². The fourth-order valence-corrected chi connectivity index (χ4v) is 8.49. The van der Waals surface area contributed by atoms with Crippen LogP contribution in [0.15, 0.2) is 61.7 Å². The first-order valence-electron chi connectivity index (χ1n) is 17.4. The molecule has 1 N–H and O–H groups in total. The van der Waals surface area contributed by atoms with Crippen LogP contribution in [-0.2, 0) is 0 Å². The fourth-order valence-electron chi connectivity index (χ4n) is 8.49. The van der Waals surface area contributed by atoms with Crippen molar-refractivity contribution in [1.82, 2.24) is 44.4 Å². The zero-order valence-electron chi connectivity index (χ0n) is 27.8. The first-order valence-corrected chi connectivity index (χ1v) is 17.4. The molecule has 5 aromatic rings. The summed E-state index contributed by atoms with van der Waals surface area (Å²) in [5.41, 5.74) is 2.53. The second kappa shape index (κ2) is 12.0. The average molecular weight is 662 g/mol. The summed E-state index contributed by atoms with van der Waals surface area (Å²) in [7, 11) is 0. The van der Waals surface area contributed by atoms with E-state index in [1.54, 1.807) is 24.8 Å². The summed E-state index contributed by atoms with van der Waals surface area (Å²) in [6.45, 7) is 8.63. The normalized spacial score (nSPS) is 22.3. The summed E-state index contributed by atoms with van der Waals surface area (Å²) < 4.78 is 22.9. The van der Waals surface area contributed by atoms with Gasteiger partial charge in [-0.1, -0.05) is 13.8 Å². The number of rotatable bonds is 10. The molecule has 0 bridgehead atoms. The topological polar surface area (TPSA) is 122 Å². The second-order valence-corrected chi connectivity index (χ2v) is 14.8. The number of nitrogens with zero attached hydrogens (tertiary/aromatic N) is 10. The number of likely N-dealkylation sites (tertiary alicyclic amines) is 1. The number of nitrogens with one attached hydrogen (secondary N) is 1. The molecule has 1 atom stereocenters. The van der Waals surface area contributed by atoms with Crippen LogP contribution < -0.4 is 15.0 Å². The number of hydrogen-bond donors (Lipinski definition) is 1. The predicted molar refractivity (Wildman–Crippen MR) is 182 cm³/mol. The Bertz CT molecular complexity index is 1980. The van der Waals surface area contributed by atoms with Gasteiger partial charge in [0.25, 0.3) is 5.88 Å². The smallest absolute Gasteiger partial charge is 0.282 e. The first-order chi connectivity index (χ1) is 23.9. The number of ether oxygens (including phenoxy) is 1. The van der Waals surface area contributed by atoms with Crippen LogP contribution in [0.4, 0.5) is 16.0 Å². The second-order valence-electron chi connectivity index (χ2n) is 14.8. The molecule has 4 aromatic heterocycles. The van der Waals surface area contributed by atoms with Crippen molar-refractivity contribution in [2.75, 3.05) is 36.4 Å². The molecule has 49 heavy (non-hydrogen) atoms. The van der Waals surface area contributed by atoms with Crippen LogP contribution in [-0.4, -0.2) is 82.7 Å². The molecule has 1 spiro atoms. The fraction of sp³-hybridized carbons (Fsp3) is 0.472. The number of halogens is 1. The first kappa shape index (κ1) is 30.3. The van der Waals surface area contributed by atoms with Gasteiger partial charge in [0.1, 0.15) is 30.0 Å². The van der Waals surface area contributed by atoms with Crippen molar-refractivity contribution < 1.29 is 9.13 Å². The number of anilines is 2. The van der Waals surface area contributed by atoms with E-state index in [9.17, 15) is 4.39 Å². The largest absolute Gasteiger partial charge is 0.434 e. The van der Waals surface area contributed by atoms with E-state index in [-0.39, 0.29) is 11.2 Å². The van der Waals surface area contributed by atoms with Gasteiger partial charge in [-0.05, 0) is 68.2 Å². The lowest BCUT2D eigenvalue weighted by Gasteiger charge is -2.57. The van der Waals surface area contributed by atoms with Crippen LogP contribution in [0.25, 0.3) is 16.9 Å². The highest BCUT2D eigenvalue weighted by Gasteiger charge is 2.53. The van der Waals surface area contributed by atoms with Gasteiger partial charge in [-0.2, -0.15) is 4.98 Å². The Morgan fingerprint density at radius 2 is 1.88 bits per heavy atom. The van der Waals surface area contributed by atoms with E-state index in [2.05, 4.69) is 64.1 Å². The van der Waals surface area contributed by atoms with Crippen LogP contribution >= 0.6 is 0 Å². The standard InChI is InChI=1S/C36H40FN11O/c1-22(2)32(24-13-26(14-24)43-30-7-10-46-12-9-39-35(46)44-30)48-18-36(19-48)8-11-47(17-36)33-34(45-42-21-41-33)49-29-6-5-25(37)15-27(29)28-16-38-20-40-31(28)23-3-4-23/h5-7,9-10,12,15-16,20-24,26,32H,3-4,8,11,13-14,17-19H2,1-2H3,(H,39,43,44)/t24?,26?,32-/m1/s1. The molecule has 13 heteroatoms. The molecule has 2 saturated heterocycles. The van der Waals surface area contributed by atoms with Crippen molar-refractivity contribution in [3.63, 3.8) is 0 Å². The number of hydrogen-bond acceptors (Lipinski definition) is 11. The Balaban J connectivity index is 0.863. The van der Waals surface area contributed by atoms with Gasteiger partial charge in [-0.25, -0.2) is 24.3 Å². The highest BCUT2D eigenvalue weighted by atomic mass is 19.1. The molecule has 2 saturated carbocycles. The molecule has 252 valence electrons. The van der Waals surface area contributed by atoms with E-state index >= 15 is 0 Å². The maximum Gasteiger partial charge on any atom is 0.282 e. The van der Waals surface area contributed by atoms with E-state index in [0.29, 0.717) is 52.8 Å². The van der Waals surface area contributed by atoms with Gasteiger partial charge in [-0.15, -0.1) is 10.2 Å². The maximum atomic E-state index is 14.6. The van der Waals surface area contributed by atoms with E-state index in [0.717, 1.165) is 81.1 Å². The quantitative estimate of drug-likeness (QED) is 0.201. The Morgan fingerprint density at radius 3 is 2.71 bits per heavy atom. The van der Waals surface area contributed by atoms with Crippen LogP contribution in [0, 0.1) is 23.1 Å². The van der Waals surface area contributed by atoms with Gasteiger partial charge >= 0.3 is 0 Å². The average Bonchev–Trinajstić information content (AvgIpc) is 3.65. The molecule has 9 rings (SSSR count). The van der Waals surface area contributed by atoms with Crippen molar-refractivity contribution in [2.45, 2.75) is 64.0 Å². The lowest BCUT2D eigenvalue weighted by atomic mass is 9.68. The van der Waals surface area contributed by atoms with Gasteiger partial charge in [0.05, 0.1) is 5.69 Å². The minimum atomic E-state index is -0.348. The Hall–Kier alpha value is -4.78. The third-order valence-electron chi connectivity index (χ3n) is 10.9. The van der Waals surface area contributed by atoms with Gasteiger partial charge in [0.2, 0.25) is 5.78 Å². The summed E-state index contributed by atoms with van der Waals surface area (Å²) >= 11 is 0. The number of aromatic nitrogens is 8. The molecule has 0 amide bonds. The Morgan fingerprint density at radius 1 is 1.00 bits per heavy atom. The third kappa shape index (κ3) is 5.73. The van der Waals surface area contributed by atoms with Crippen molar-refractivity contribution in [3.05, 3.63) is 73.2 Å².